The summed E-state index contributed by atoms with van der Waals surface area (Å²) in [5.41, 5.74) is 1.09. The van der Waals surface area contributed by atoms with Crippen molar-refractivity contribution in [2.45, 2.75) is 50.8 Å². The molecule has 0 radical (unpaired) electrons. The van der Waals surface area contributed by atoms with E-state index in [9.17, 15) is 13.2 Å². The van der Waals surface area contributed by atoms with Gasteiger partial charge in [-0.2, -0.15) is 4.31 Å². The predicted molar refractivity (Wildman–Crippen MR) is 108 cm³/mol. The first-order chi connectivity index (χ1) is 12.7. The maximum absolute atomic E-state index is 12.9. The fourth-order valence-electron chi connectivity index (χ4n) is 3.23. The van der Waals surface area contributed by atoms with Gasteiger partial charge in [-0.25, -0.2) is 8.42 Å². The second-order valence-corrected chi connectivity index (χ2v) is 10.0. The monoisotopic (exact) mass is 395 g/mol. The molecule has 1 aromatic rings. The molecule has 1 aromatic carbocycles. The molecule has 0 atom stereocenters. The van der Waals surface area contributed by atoms with Gasteiger partial charge in [0, 0.05) is 32.1 Å². The Kier molecular flexibility index (Phi) is 7.42. The molecule has 0 bridgehead atoms. The molecule has 1 fully saturated rings. The van der Waals surface area contributed by atoms with E-state index in [0.29, 0.717) is 37.4 Å². The summed E-state index contributed by atoms with van der Waals surface area (Å²) in [6.45, 7) is 11.3. The number of nitrogens with zero attached hydrogens (tertiary/aromatic N) is 1. The third-order valence-corrected chi connectivity index (χ3v) is 6.95. The van der Waals surface area contributed by atoms with Crippen LogP contribution in [0, 0.1) is 5.92 Å². The van der Waals surface area contributed by atoms with E-state index in [2.05, 4.69) is 31.4 Å². The topological polar surface area (TPSA) is 78.5 Å². The molecule has 0 aromatic heterocycles. The molecule has 1 aliphatic rings. The summed E-state index contributed by atoms with van der Waals surface area (Å²) in [4.78, 5) is 12.5. The van der Waals surface area contributed by atoms with E-state index >= 15 is 0 Å². The van der Waals surface area contributed by atoms with E-state index in [-0.39, 0.29) is 17.2 Å². The quantitative estimate of drug-likeness (QED) is 0.693. The van der Waals surface area contributed by atoms with Crippen LogP contribution in [0.2, 0.25) is 0 Å². The summed E-state index contributed by atoms with van der Waals surface area (Å²) in [7, 11) is -3.51. The normalized spacial score (nSPS) is 17.0. The van der Waals surface area contributed by atoms with Crippen LogP contribution < -0.4 is 10.6 Å². The standard InChI is InChI=1S/C20H33N3O3S/c1-5-21-12-13-22-19(24)16-10-14-23(15-11-16)27(25,26)18-8-6-17(7-9-18)20(2,3)4/h6-9,16,21H,5,10-15H2,1-4H3,(H,22,24). The summed E-state index contributed by atoms with van der Waals surface area (Å²) >= 11 is 0. The summed E-state index contributed by atoms with van der Waals surface area (Å²) in [5.74, 6) is -0.0826. The minimum absolute atomic E-state index is 0.0132. The van der Waals surface area contributed by atoms with E-state index in [1.807, 2.05) is 19.1 Å². The minimum Gasteiger partial charge on any atom is -0.355 e. The highest BCUT2D eigenvalue weighted by Gasteiger charge is 2.32. The lowest BCUT2D eigenvalue weighted by Gasteiger charge is -2.30. The Hall–Kier alpha value is -1.44. The van der Waals surface area contributed by atoms with E-state index in [4.69, 9.17) is 0 Å². The maximum atomic E-state index is 12.9. The average Bonchev–Trinajstić information content (AvgIpc) is 2.64. The van der Waals surface area contributed by atoms with Gasteiger partial charge in [0.1, 0.15) is 0 Å². The Labute approximate surface area is 163 Å². The number of nitrogens with one attached hydrogen (secondary N) is 2. The van der Waals surface area contributed by atoms with Crippen LogP contribution in [0.5, 0.6) is 0 Å². The number of rotatable bonds is 7. The number of amides is 1. The Bertz CT molecular complexity index is 716. The van der Waals surface area contributed by atoms with Gasteiger partial charge in [0.15, 0.2) is 0 Å². The van der Waals surface area contributed by atoms with Gasteiger partial charge in [0.2, 0.25) is 15.9 Å². The van der Waals surface area contributed by atoms with Crippen molar-refractivity contribution in [3.63, 3.8) is 0 Å². The average molecular weight is 396 g/mol. The molecular weight excluding hydrogens is 362 g/mol. The molecule has 0 saturated carbocycles. The Morgan fingerprint density at radius 2 is 1.70 bits per heavy atom. The number of sulfonamides is 1. The van der Waals surface area contributed by atoms with Gasteiger partial charge in [0.05, 0.1) is 4.90 Å². The van der Waals surface area contributed by atoms with Crippen LogP contribution >= 0.6 is 0 Å². The highest BCUT2D eigenvalue weighted by Crippen LogP contribution is 2.27. The van der Waals surface area contributed by atoms with Gasteiger partial charge >= 0.3 is 0 Å². The highest BCUT2D eigenvalue weighted by atomic mass is 32.2. The van der Waals surface area contributed by atoms with Crippen molar-refractivity contribution in [2.75, 3.05) is 32.7 Å². The summed E-state index contributed by atoms with van der Waals surface area (Å²) in [6, 6.07) is 7.15. The largest absolute Gasteiger partial charge is 0.355 e. The zero-order chi connectivity index (χ0) is 20.1. The molecule has 1 saturated heterocycles. The Balaban J connectivity index is 1.93. The van der Waals surface area contributed by atoms with E-state index in [1.54, 1.807) is 12.1 Å². The molecule has 152 valence electrons. The van der Waals surface area contributed by atoms with Crippen LogP contribution in [-0.2, 0) is 20.2 Å². The first kappa shape index (κ1) is 21.9. The summed E-state index contributed by atoms with van der Waals surface area (Å²) in [5, 5.41) is 6.09. The van der Waals surface area contributed by atoms with Crippen molar-refractivity contribution < 1.29 is 13.2 Å². The first-order valence-corrected chi connectivity index (χ1v) is 11.2. The van der Waals surface area contributed by atoms with Crippen molar-refractivity contribution in [2.24, 2.45) is 5.92 Å². The molecule has 27 heavy (non-hydrogen) atoms. The zero-order valence-electron chi connectivity index (χ0n) is 16.9. The van der Waals surface area contributed by atoms with Crippen molar-refractivity contribution in [1.82, 2.24) is 14.9 Å². The van der Waals surface area contributed by atoms with E-state index in [0.717, 1.165) is 18.7 Å². The predicted octanol–water partition coefficient (Wildman–Crippen LogP) is 2.11. The van der Waals surface area contributed by atoms with E-state index in [1.165, 1.54) is 4.31 Å². The van der Waals surface area contributed by atoms with Crippen molar-refractivity contribution in [1.29, 1.82) is 0 Å². The van der Waals surface area contributed by atoms with E-state index < -0.39 is 10.0 Å². The number of benzene rings is 1. The molecule has 2 N–H and O–H groups in total. The van der Waals surface area contributed by atoms with Crippen LogP contribution in [0.3, 0.4) is 0 Å². The fourth-order valence-corrected chi connectivity index (χ4v) is 4.70. The maximum Gasteiger partial charge on any atom is 0.243 e. The highest BCUT2D eigenvalue weighted by molar-refractivity contribution is 7.89. The lowest BCUT2D eigenvalue weighted by atomic mass is 9.87. The van der Waals surface area contributed by atoms with Crippen LogP contribution in [0.25, 0.3) is 0 Å². The molecule has 2 rings (SSSR count). The molecule has 6 nitrogen and oxygen atoms in total. The third kappa shape index (κ3) is 5.77. The molecule has 0 spiro atoms. The van der Waals surface area contributed by atoms with Crippen LogP contribution in [0.4, 0.5) is 0 Å². The van der Waals surface area contributed by atoms with Crippen molar-refractivity contribution in [3.8, 4) is 0 Å². The number of hydrogen-bond donors (Lipinski definition) is 2. The van der Waals surface area contributed by atoms with Crippen LogP contribution in [-0.4, -0.2) is 51.4 Å². The third-order valence-electron chi connectivity index (χ3n) is 5.03. The minimum atomic E-state index is -3.51. The van der Waals surface area contributed by atoms with Gasteiger partial charge in [-0.3, -0.25) is 4.79 Å². The molecule has 1 aliphatic heterocycles. The smallest absolute Gasteiger partial charge is 0.243 e. The first-order valence-electron chi connectivity index (χ1n) is 9.75. The Morgan fingerprint density at radius 3 is 2.22 bits per heavy atom. The molecule has 1 heterocycles. The Morgan fingerprint density at radius 1 is 1.11 bits per heavy atom. The van der Waals surface area contributed by atoms with Gasteiger partial charge in [-0.1, -0.05) is 39.8 Å². The molecular formula is C20H33N3O3S. The molecule has 0 unspecified atom stereocenters. The number of likely N-dealkylation sites (N-methyl/N-ethyl adjacent to an activating group) is 1. The van der Waals surface area contributed by atoms with Crippen LogP contribution in [0.1, 0.15) is 46.1 Å². The number of hydrogen-bond acceptors (Lipinski definition) is 4. The number of carbonyl (C=O) groups excluding carboxylic acids is 1. The molecule has 0 aliphatic carbocycles. The fraction of sp³-hybridized carbons (Fsp3) is 0.650. The molecule has 1 amide bonds. The number of carbonyl (C=O) groups is 1. The lowest BCUT2D eigenvalue weighted by Crippen LogP contribution is -2.44. The summed E-state index contributed by atoms with van der Waals surface area (Å²) in [6.07, 6.45) is 1.12. The van der Waals surface area contributed by atoms with Crippen molar-refractivity contribution >= 4 is 15.9 Å². The summed E-state index contributed by atoms with van der Waals surface area (Å²) < 4.78 is 27.3. The zero-order valence-corrected chi connectivity index (χ0v) is 17.7. The number of piperidine rings is 1. The van der Waals surface area contributed by atoms with Gasteiger partial charge < -0.3 is 10.6 Å². The SMILES string of the molecule is CCNCCNC(=O)C1CCN(S(=O)(=O)c2ccc(C(C)(C)C)cc2)CC1. The second-order valence-electron chi connectivity index (χ2n) is 8.10. The van der Waals surface area contributed by atoms with Gasteiger partial charge in [0.25, 0.3) is 0 Å². The van der Waals surface area contributed by atoms with Crippen molar-refractivity contribution in [3.05, 3.63) is 29.8 Å². The molecule has 7 heteroatoms. The van der Waals surface area contributed by atoms with Crippen LogP contribution in [0.15, 0.2) is 29.2 Å². The lowest BCUT2D eigenvalue weighted by molar-refractivity contribution is -0.126. The van der Waals surface area contributed by atoms with Gasteiger partial charge in [-0.15, -0.1) is 0 Å². The van der Waals surface area contributed by atoms with Gasteiger partial charge in [-0.05, 0) is 42.5 Å². The second kappa shape index (κ2) is 9.17.